The van der Waals surface area contributed by atoms with Crippen LogP contribution in [0.2, 0.25) is 0 Å². The molecule has 2 aromatic carbocycles. The average molecular weight is 409 g/mol. The van der Waals surface area contributed by atoms with Gasteiger partial charge in [0.2, 0.25) is 0 Å². The Bertz CT molecular complexity index is 1080. The highest BCUT2D eigenvalue weighted by atomic mass is 32.1. The van der Waals surface area contributed by atoms with E-state index in [1.54, 1.807) is 17.0 Å². The standard InChI is InChI=1S/C22H20FN3O2S/c1-2-10-28-17-5-3-4-16(11-17)26-12-19(27)20(21(26)24)22-25-18(13-29-22)14-6-8-15(23)9-7-14/h3-9,11,13,24,27H,2,10,12H2,1H3. The van der Waals surface area contributed by atoms with E-state index in [1.807, 2.05) is 36.6 Å². The minimum absolute atomic E-state index is 0.106. The molecule has 0 unspecified atom stereocenters. The Labute approximate surface area is 172 Å². The zero-order chi connectivity index (χ0) is 20.4. The number of aromatic nitrogens is 1. The van der Waals surface area contributed by atoms with Gasteiger partial charge in [-0.3, -0.25) is 5.41 Å². The van der Waals surface area contributed by atoms with Crippen molar-refractivity contribution in [1.82, 2.24) is 4.98 Å². The number of rotatable bonds is 6. The van der Waals surface area contributed by atoms with Gasteiger partial charge in [0.1, 0.15) is 28.2 Å². The van der Waals surface area contributed by atoms with E-state index < -0.39 is 0 Å². The zero-order valence-corrected chi connectivity index (χ0v) is 16.7. The third-order valence-corrected chi connectivity index (χ3v) is 5.42. The van der Waals surface area contributed by atoms with Gasteiger partial charge in [0.05, 0.1) is 24.4 Å². The summed E-state index contributed by atoms with van der Waals surface area (Å²) in [6.07, 6.45) is 0.913. The lowest BCUT2D eigenvalue weighted by Gasteiger charge is -2.19. The van der Waals surface area contributed by atoms with Crippen molar-refractivity contribution in [3.63, 3.8) is 0 Å². The summed E-state index contributed by atoms with van der Waals surface area (Å²) in [6.45, 7) is 2.88. The van der Waals surface area contributed by atoms with Crippen LogP contribution in [-0.2, 0) is 0 Å². The maximum Gasteiger partial charge on any atom is 0.139 e. The van der Waals surface area contributed by atoms with Gasteiger partial charge in [-0.25, -0.2) is 9.37 Å². The lowest BCUT2D eigenvalue weighted by Crippen LogP contribution is -2.26. The molecule has 1 aromatic heterocycles. The zero-order valence-electron chi connectivity index (χ0n) is 15.9. The van der Waals surface area contributed by atoms with E-state index in [1.165, 1.54) is 23.5 Å². The number of anilines is 1. The Morgan fingerprint density at radius 3 is 2.79 bits per heavy atom. The van der Waals surface area contributed by atoms with Crippen LogP contribution in [-0.4, -0.2) is 29.1 Å². The molecule has 2 heterocycles. The van der Waals surface area contributed by atoms with E-state index in [2.05, 4.69) is 4.98 Å². The summed E-state index contributed by atoms with van der Waals surface area (Å²) < 4.78 is 18.8. The number of ether oxygens (including phenoxy) is 1. The predicted molar refractivity (Wildman–Crippen MR) is 114 cm³/mol. The van der Waals surface area contributed by atoms with E-state index in [9.17, 15) is 9.50 Å². The SMILES string of the molecule is CCCOc1cccc(N2CC(O)=C(c3nc(-c4ccc(F)cc4)cs3)C2=N)c1. The van der Waals surface area contributed by atoms with E-state index in [-0.39, 0.29) is 24.0 Å². The Morgan fingerprint density at radius 2 is 2.03 bits per heavy atom. The van der Waals surface area contributed by atoms with Crippen LogP contribution in [0, 0.1) is 11.2 Å². The highest BCUT2D eigenvalue weighted by molar-refractivity contribution is 7.11. The summed E-state index contributed by atoms with van der Waals surface area (Å²) in [4.78, 5) is 6.29. The van der Waals surface area contributed by atoms with Crippen molar-refractivity contribution in [1.29, 1.82) is 5.41 Å². The van der Waals surface area contributed by atoms with E-state index >= 15 is 0 Å². The van der Waals surface area contributed by atoms with Crippen molar-refractivity contribution in [2.24, 2.45) is 0 Å². The lowest BCUT2D eigenvalue weighted by atomic mass is 10.2. The lowest BCUT2D eigenvalue weighted by molar-refractivity contribution is 0.317. The molecule has 0 saturated heterocycles. The number of hydrogen-bond donors (Lipinski definition) is 2. The third-order valence-electron chi connectivity index (χ3n) is 4.56. The van der Waals surface area contributed by atoms with Crippen LogP contribution >= 0.6 is 11.3 Å². The quantitative estimate of drug-likeness (QED) is 0.564. The largest absolute Gasteiger partial charge is 0.510 e. The van der Waals surface area contributed by atoms with Gasteiger partial charge in [0.15, 0.2) is 0 Å². The summed E-state index contributed by atoms with van der Waals surface area (Å²) in [6, 6.07) is 13.6. The number of aliphatic hydroxyl groups is 1. The van der Waals surface area contributed by atoms with Crippen LogP contribution in [0.5, 0.6) is 5.75 Å². The average Bonchev–Trinajstić information content (AvgIpc) is 3.31. The van der Waals surface area contributed by atoms with Gasteiger partial charge < -0.3 is 14.7 Å². The molecule has 0 aliphatic carbocycles. The third kappa shape index (κ3) is 3.86. The number of aliphatic hydroxyl groups excluding tert-OH is 1. The smallest absolute Gasteiger partial charge is 0.139 e. The van der Waals surface area contributed by atoms with Gasteiger partial charge in [0, 0.05) is 22.7 Å². The molecule has 1 aliphatic heterocycles. The maximum absolute atomic E-state index is 13.2. The van der Waals surface area contributed by atoms with Crippen LogP contribution in [0.3, 0.4) is 0 Å². The molecule has 7 heteroatoms. The molecule has 4 rings (SSSR count). The number of thiazole rings is 1. The molecule has 2 N–H and O–H groups in total. The molecule has 0 saturated carbocycles. The number of nitrogens with zero attached hydrogens (tertiary/aromatic N) is 2. The second kappa shape index (κ2) is 8.05. The number of amidine groups is 1. The number of nitrogens with one attached hydrogen (secondary N) is 1. The van der Waals surface area contributed by atoms with Gasteiger partial charge in [0.25, 0.3) is 0 Å². The number of hydrogen-bond acceptors (Lipinski definition) is 5. The summed E-state index contributed by atoms with van der Waals surface area (Å²) in [5, 5.41) is 21.6. The van der Waals surface area contributed by atoms with Gasteiger partial charge >= 0.3 is 0 Å². The summed E-state index contributed by atoms with van der Waals surface area (Å²) >= 11 is 1.35. The first-order valence-electron chi connectivity index (χ1n) is 9.30. The highest BCUT2D eigenvalue weighted by Crippen LogP contribution is 2.35. The van der Waals surface area contributed by atoms with Crippen LogP contribution in [0.4, 0.5) is 10.1 Å². The van der Waals surface area contributed by atoms with Gasteiger partial charge in [-0.1, -0.05) is 13.0 Å². The van der Waals surface area contributed by atoms with Crippen molar-refractivity contribution in [2.75, 3.05) is 18.1 Å². The number of benzene rings is 2. The Morgan fingerprint density at radius 1 is 1.24 bits per heavy atom. The molecule has 0 amide bonds. The second-order valence-corrected chi connectivity index (χ2v) is 7.51. The Kier molecular flexibility index (Phi) is 5.31. The second-order valence-electron chi connectivity index (χ2n) is 6.65. The molecular formula is C22H20FN3O2S. The summed E-state index contributed by atoms with van der Waals surface area (Å²) in [7, 11) is 0. The molecule has 0 radical (unpaired) electrons. The summed E-state index contributed by atoms with van der Waals surface area (Å²) in [5.41, 5.74) is 2.67. The van der Waals surface area contributed by atoms with Crippen molar-refractivity contribution in [3.8, 4) is 17.0 Å². The van der Waals surface area contributed by atoms with Gasteiger partial charge in [-0.15, -0.1) is 11.3 Å². The molecule has 0 atom stereocenters. The van der Waals surface area contributed by atoms with E-state index in [0.717, 1.165) is 23.4 Å². The molecule has 1 aliphatic rings. The van der Waals surface area contributed by atoms with Gasteiger partial charge in [-0.2, -0.15) is 0 Å². The topological polar surface area (TPSA) is 69.4 Å². The Hall–Kier alpha value is -3.19. The van der Waals surface area contributed by atoms with Gasteiger partial charge in [-0.05, 0) is 42.8 Å². The fraction of sp³-hybridized carbons (Fsp3) is 0.182. The molecule has 0 bridgehead atoms. The maximum atomic E-state index is 13.2. The monoisotopic (exact) mass is 409 g/mol. The van der Waals surface area contributed by atoms with Crippen molar-refractivity contribution in [2.45, 2.75) is 13.3 Å². The molecular weight excluding hydrogens is 389 g/mol. The molecule has 5 nitrogen and oxygen atoms in total. The van der Waals surface area contributed by atoms with E-state index in [0.29, 0.717) is 22.9 Å². The molecule has 148 valence electrons. The van der Waals surface area contributed by atoms with Crippen LogP contribution in [0.25, 0.3) is 16.8 Å². The molecule has 3 aromatic rings. The van der Waals surface area contributed by atoms with Crippen molar-refractivity contribution in [3.05, 3.63) is 70.5 Å². The van der Waals surface area contributed by atoms with Crippen LogP contribution < -0.4 is 9.64 Å². The normalized spacial score (nSPS) is 14.0. The first-order chi connectivity index (χ1) is 14.1. The molecule has 0 fully saturated rings. The first kappa shape index (κ1) is 19.1. The molecule has 0 spiro atoms. The highest BCUT2D eigenvalue weighted by Gasteiger charge is 2.31. The summed E-state index contributed by atoms with van der Waals surface area (Å²) in [5.74, 6) is 0.728. The van der Waals surface area contributed by atoms with Crippen molar-refractivity contribution < 1.29 is 14.2 Å². The van der Waals surface area contributed by atoms with Crippen LogP contribution in [0.1, 0.15) is 18.4 Å². The fourth-order valence-electron chi connectivity index (χ4n) is 3.13. The predicted octanol–water partition coefficient (Wildman–Crippen LogP) is 5.50. The number of halogens is 1. The van der Waals surface area contributed by atoms with E-state index in [4.69, 9.17) is 10.1 Å². The molecule has 29 heavy (non-hydrogen) atoms. The van der Waals surface area contributed by atoms with Crippen LogP contribution in [0.15, 0.2) is 59.7 Å². The first-order valence-corrected chi connectivity index (χ1v) is 10.2. The minimum Gasteiger partial charge on any atom is -0.510 e. The Balaban J connectivity index is 1.58. The fourth-order valence-corrected chi connectivity index (χ4v) is 4.02. The van der Waals surface area contributed by atoms with Crippen molar-refractivity contribution >= 4 is 28.4 Å². The minimum atomic E-state index is -0.303.